The lowest BCUT2D eigenvalue weighted by Gasteiger charge is -2.30. The van der Waals surface area contributed by atoms with Crippen LogP contribution in [0.5, 0.6) is 5.75 Å². The van der Waals surface area contributed by atoms with Gasteiger partial charge < -0.3 is 9.30 Å². The van der Waals surface area contributed by atoms with Gasteiger partial charge in [0, 0.05) is 28.3 Å². The number of aryl methyl sites for hydroxylation is 1. The molecule has 0 bridgehead atoms. The second kappa shape index (κ2) is 11.2. The minimum Gasteiger partial charge on any atom is -0.492 e. The third-order valence-corrected chi connectivity index (χ3v) is 8.29. The summed E-state index contributed by atoms with van der Waals surface area (Å²) >= 11 is 15.2. The van der Waals surface area contributed by atoms with E-state index in [0.717, 1.165) is 33.4 Å². The lowest BCUT2D eigenvalue weighted by atomic mass is 10.2. The van der Waals surface area contributed by atoms with Gasteiger partial charge in [-0.2, -0.15) is 0 Å². The number of halogens is 2. The second-order valence-corrected chi connectivity index (χ2v) is 10.9. The Morgan fingerprint density at radius 2 is 1.69 bits per heavy atom. The van der Waals surface area contributed by atoms with Crippen molar-refractivity contribution in [2.45, 2.75) is 27.8 Å². The van der Waals surface area contributed by atoms with Gasteiger partial charge in [0.15, 0.2) is 5.16 Å². The molecule has 0 saturated heterocycles. The molecule has 184 valence electrons. The number of carbonyl (C=O) groups excluding carboxylic acids is 1. The van der Waals surface area contributed by atoms with Gasteiger partial charge in [-0.1, -0.05) is 71.0 Å². The number of fused-ring (bicyclic) bond motifs is 2. The van der Waals surface area contributed by atoms with Crippen LogP contribution in [0.15, 0.2) is 81.7 Å². The molecular formula is C26H22Cl2N4O2S2. The first-order valence-electron chi connectivity index (χ1n) is 11.3. The Labute approximate surface area is 228 Å². The number of anilines is 2. The maximum absolute atomic E-state index is 13.4. The number of hydrogen-bond donors (Lipinski definition) is 0. The first kappa shape index (κ1) is 25.0. The highest BCUT2D eigenvalue weighted by molar-refractivity contribution is 8.00. The Bertz CT molecular complexity index is 1370. The number of ether oxygens (including phenoxy) is 1. The van der Waals surface area contributed by atoms with E-state index >= 15 is 0 Å². The highest BCUT2D eigenvalue weighted by Crippen LogP contribution is 2.48. The van der Waals surface area contributed by atoms with Crippen LogP contribution in [0, 0.1) is 0 Å². The molecule has 0 atom stereocenters. The van der Waals surface area contributed by atoms with Crippen LogP contribution in [0.1, 0.15) is 12.2 Å². The van der Waals surface area contributed by atoms with Crippen molar-refractivity contribution in [2.75, 3.05) is 17.3 Å². The smallest absolute Gasteiger partial charge is 0.242 e. The number of nitrogens with zero attached hydrogens (tertiary/aromatic N) is 4. The van der Waals surface area contributed by atoms with Gasteiger partial charge in [-0.25, -0.2) is 0 Å². The van der Waals surface area contributed by atoms with E-state index in [1.165, 1.54) is 11.8 Å². The van der Waals surface area contributed by atoms with Crippen LogP contribution in [0.4, 0.5) is 11.4 Å². The lowest BCUT2D eigenvalue weighted by Crippen LogP contribution is -2.30. The fourth-order valence-electron chi connectivity index (χ4n) is 3.86. The van der Waals surface area contributed by atoms with Gasteiger partial charge in [0.1, 0.15) is 11.6 Å². The molecule has 1 aromatic heterocycles. The Morgan fingerprint density at radius 1 is 1.00 bits per heavy atom. The predicted molar refractivity (Wildman–Crippen MR) is 146 cm³/mol. The summed E-state index contributed by atoms with van der Waals surface area (Å²) < 4.78 is 7.69. The zero-order valence-corrected chi connectivity index (χ0v) is 22.5. The Hall–Kier alpha value is -2.65. The zero-order valence-electron chi connectivity index (χ0n) is 19.4. The zero-order chi connectivity index (χ0) is 25.1. The fraction of sp³-hybridized carbons (Fsp3) is 0.192. The molecule has 0 fully saturated rings. The largest absolute Gasteiger partial charge is 0.492 e. The van der Waals surface area contributed by atoms with Gasteiger partial charge in [-0.15, -0.1) is 10.2 Å². The minimum atomic E-state index is -0.00186. The molecule has 0 radical (unpaired) electrons. The molecule has 36 heavy (non-hydrogen) atoms. The summed E-state index contributed by atoms with van der Waals surface area (Å²) in [5, 5.41) is 10.4. The molecule has 4 aromatic rings. The van der Waals surface area contributed by atoms with Gasteiger partial charge in [0.05, 0.1) is 28.8 Å². The van der Waals surface area contributed by atoms with Crippen molar-refractivity contribution < 1.29 is 9.53 Å². The normalized spacial score (nSPS) is 12.2. The van der Waals surface area contributed by atoms with E-state index < -0.39 is 0 Å². The van der Waals surface area contributed by atoms with Crippen LogP contribution >= 0.6 is 46.7 Å². The van der Waals surface area contributed by atoms with E-state index in [1.807, 2.05) is 65.0 Å². The summed E-state index contributed by atoms with van der Waals surface area (Å²) in [4.78, 5) is 17.4. The lowest BCUT2D eigenvalue weighted by molar-refractivity contribution is -0.115. The van der Waals surface area contributed by atoms with E-state index in [4.69, 9.17) is 27.9 Å². The molecule has 0 N–H and O–H groups in total. The van der Waals surface area contributed by atoms with Gasteiger partial charge in [-0.05, 0) is 48.9 Å². The Balaban J connectivity index is 1.20. The van der Waals surface area contributed by atoms with E-state index in [9.17, 15) is 4.79 Å². The Kier molecular flexibility index (Phi) is 7.76. The number of carbonyl (C=O) groups is 1. The number of thioether (sulfide) groups is 1. The van der Waals surface area contributed by atoms with E-state index in [0.29, 0.717) is 34.0 Å². The molecule has 1 aliphatic rings. The fourth-order valence-corrected chi connectivity index (χ4v) is 6.16. The van der Waals surface area contributed by atoms with Crippen LogP contribution in [0.25, 0.3) is 0 Å². The minimum absolute atomic E-state index is 0.00186. The first-order valence-corrected chi connectivity index (χ1v) is 13.8. The number of hydrogen-bond acceptors (Lipinski definition) is 6. The summed E-state index contributed by atoms with van der Waals surface area (Å²) in [6, 6.07) is 21.1. The van der Waals surface area contributed by atoms with Crippen LogP contribution in [0.3, 0.4) is 0 Å². The van der Waals surface area contributed by atoms with Crippen LogP contribution in [0.2, 0.25) is 10.0 Å². The average molecular weight is 558 g/mol. The molecule has 0 spiro atoms. The molecule has 10 heteroatoms. The van der Waals surface area contributed by atoms with Gasteiger partial charge >= 0.3 is 0 Å². The number of para-hydroxylation sites is 2. The monoisotopic (exact) mass is 556 g/mol. The van der Waals surface area contributed by atoms with Crippen LogP contribution in [-0.4, -0.2) is 33.0 Å². The third kappa shape index (κ3) is 5.37. The molecule has 3 aromatic carbocycles. The quantitative estimate of drug-likeness (QED) is 0.171. The summed E-state index contributed by atoms with van der Waals surface area (Å²) in [5.41, 5.74) is 1.82. The molecule has 1 aliphatic heterocycles. The van der Waals surface area contributed by atoms with Crippen molar-refractivity contribution in [2.24, 2.45) is 7.05 Å². The Morgan fingerprint density at radius 3 is 2.39 bits per heavy atom. The molecule has 6 nitrogen and oxygen atoms in total. The highest BCUT2D eigenvalue weighted by atomic mass is 35.5. The predicted octanol–water partition coefficient (Wildman–Crippen LogP) is 7.06. The van der Waals surface area contributed by atoms with E-state index in [-0.39, 0.29) is 11.7 Å². The van der Waals surface area contributed by atoms with Crippen molar-refractivity contribution in [3.63, 3.8) is 0 Å². The topological polar surface area (TPSA) is 60.2 Å². The van der Waals surface area contributed by atoms with Gasteiger partial charge in [0.2, 0.25) is 5.91 Å². The van der Waals surface area contributed by atoms with Crippen molar-refractivity contribution in [3.8, 4) is 5.75 Å². The molecular weight excluding hydrogens is 535 g/mol. The average Bonchev–Trinajstić information content (AvgIpc) is 3.23. The summed E-state index contributed by atoms with van der Waals surface area (Å²) in [7, 11) is 1.92. The third-order valence-electron chi connectivity index (χ3n) is 5.63. The van der Waals surface area contributed by atoms with E-state index in [1.54, 1.807) is 30.0 Å². The molecule has 0 saturated carbocycles. The maximum atomic E-state index is 13.4. The number of amides is 1. The molecule has 0 aliphatic carbocycles. The number of rotatable bonds is 8. The van der Waals surface area contributed by atoms with Crippen molar-refractivity contribution in [1.82, 2.24) is 14.8 Å². The van der Waals surface area contributed by atoms with Crippen molar-refractivity contribution in [3.05, 3.63) is 82.6 Å². The van der Waals surface area contributed by atoms with E-state index in [2.05, 4.69) is 10.2 Å². The second-order valence-electron chi connectivity index (χ2n) is 8.04. The molecule has 5 rings (SSSR count). The standard InChI is InChI=1S/C26H22Cl2N4O2S2/c1-31-24(11-6-14-34-21-13-12-17(27)15-18(21)28)29-30-26(31)35-16-25(33)32-19-7-2-4-9-22(19)36-23-10-5-3-8-20(23)32/h2-5,7-10,12-13,15H,6,11,14,16H2,1H3. The first-order chi connectivity index (χ1) is 17.5. The number of benzene rings is 3. The molecule has 1 amide bonds. The van der Waals surface area contributed by atoms with Gasteiger partial charge in [0.25, 0.3) is 0 Å². The maximum Gasteiger partial charge on any atom is 0.242 e. The summed E-state index contributed by atoms with van der Waals surface area (Å²) in [5.74, 6) is 1.68. The highest BCUT2D eigenvalue weighted by Gasteiger charge is 2.28. The summed E-state index contributed by atoms with van der Waals surface area (Å²) in [6.07, 6.45) is 1.43. The summed E-state index contributed by atoms with van der Waals surface area (Å²) in [6.45, 7) is 0.487. The molecule has 0 unspecified atom stereocenters. The SMILES string of the molecule is Cn1c(CCCOc2ccc(Cl)cc2Cl)nnc1SCC(=O)N1c2ccccc2Sc2ccccc21. The van der Waals surface area contributed by atoms with Crippen LogP contribution < -0.4 is 9.64 Å². The van der Waals surface area contributed by atoms with Crippen molar-refractivity contribution in [1.29, 1.82) is 0 Å². The van der Waals surface area contributed by atoms with Gasteiger partial charge in [-0.3, -0.25) is 9.69 Å². The van der Waals surface area contributed by atoms with Crippen molar-refractivity contribution >= 4 is 64.0 Å². The number of aromatic nitrogens is 3. The van der Waals surface area contributed by atoms with Crippen LogP contribution in [-0.2, 0) is 18.3 Å². The molecule has 2 heterocycles.